The van der Waals surface area contributed by atoms with Crippen LogP contribution in [0, 0.1) is 0 Å². The maximum absolute atomic E-state index is 10.7. The van der Waals surface area contributed by atoms with Crippen molar-refractivity contribution >= 4 is 5.97 Å². The van der Waals surface area contributed by atoms with E-state index in [0.717, 1.165) is 16.7 Å². The number of H-pyrrole nitrogens is 1. The molecule has 0 unspecified atom stereocenters. The number of imidazole rings is 1. The molecule has 5 nitrogen and oxygen atoms in total. The van der Waals surface area contributed by atoms with Crippen LogP contribution in [0.5, 0.6) is 6.01 Å². The molecule has 1 heterocycles. The average molecular weight is 294 g/mol. The number of ether oxygens (including phenoxy) is 1. The highest BCUT2D eigenvalue weighted by Crippen LogP contribution is 2.19. The lowest BCUT2D eigenvalue weighted by atomic mass is 10.0. The summed E-state index contributed by atoms with van der Waals surface area (Å²) >= 11 is 0. The van der Waals surface area contributed by atoms with Gasteiger partial charge in [-0.3, -0.25) is 0 Å². The van der Waals surface area contributed by atoms with Crippen molar-refractivity contribution in [3.8, 4) is 17.1 Å². The van der Waals surface area contributed by atoms with Gasteiger partial charge in [-0.2, -0.15) is 4.98 Å². The van der Waals surface area contributed by atoms with Crippen LogP contribution in [0.2, 0.25) is 0 Å². The molecule has 0 atom stereocenters. The third-order valence-corrected chi connectivity index (χ3v) is 3.21. The Morgan fingerprint density at radius 3 is 2.36 bits per heavy atom. The van der Waals surface area contributed by atoms with Gasteiger partial charge in [0.2, 0.25) is 0 Å². The zero-order valence-electron chi connectivity index (χ0n) is 11.7. The van der Waals surface area contributed by atoms with E-state index >= 15 is 0 Å². The molecule has 22 heavy (non-hydrogen) atoms. The van der Waals surface area contributed by atoms with Gasteiger partial charge in [0.15, 0.2) is 5.69 Å². The Bertz CT molecular complexity index is 764. The minimum absolute atomic E-state index is 0.0607. The predicted molar refractivity (Wildman–Crippen MR) is 81.8 cm³/mol. The second-order valence-corrected chi connectivity index (χ2v) is 4.75. The Hall–Kier alpha value is -3.08. The molecule has 0 spiro atoms. The lowest BCUT2D eigenvalue weighted by molar-refractivity contribution is 0.0690. The fraction of sp³-hybridized carbons (Fsp3) is 0.0588. The van der Waals surface area contributed by atoms with Gasteiger partial charge in [-0.15, -0.1) is 0 Å². The fourth-order valence-electron chi connectivity index (χ4n) is 2.06. The van der Waals surface area contributed by atoms with E-state index in [-0.39, 0.29) is 11.7 Å². The summed E-state index contributed by atoms with van der Waals surface area (Å²) in [6, 6.07) is 18.3. The van der Waals surface area contributed by atoms with Crippen LogP contribution in [-0.4, -0.2) is 21.0 Å². The SMILES string of the molecule is O=C(O)c1c[nH]c(OCc2ccc(-c3ccccc3)cc2)n1. The van der Waals surface area contributed by atoms with Crippen LogP contribution < -0.4 is 4.74 Å². The van der Waals surface area contributed by atoms with Crippen molar-refractivity contribution in [1.29, 1.82) is 0 Å². The van der Waals surface area contributed by atoms with Crippen LogP contribution in [0.1, 0.15) is 16.1 Å². The van der Waals surface area contributed by atoms with Gasteiger partial charge < -0.3 is 14.8 Å². The topological polar surface area (TPSA) is 75.2 Å². The van der Waals surface area contributed by atoms with E-state index in [2.05, 4.69) is 22.1 Å². The molecule has 0 saturated carbocycles. The molecule has 2 N–H and O–H groups in total. The molecule has 0 aliphatic carbocycles. The highest BCUT2D eigenvalue weighted by atomic mass is 16.5. The normalized spacial score (nSPS) is 10.4. The number of benzene rings is 2. The maximum atomic E-state index is 10.7. The van der Waals surface area contributed by atoms with Gasteiger partial charge in [0.25, 0.3) is 6.01 Å². The smallest absolute Gasteiger partial charge is 0.356 e. The minimum atomic E-state index is -1.08. The van der Waals surface area contributed by atoms with Gasteiger partial charge in [-0.1, -0.05) is 54.6 Å². The van der Waals surface area contributed by atoms with Crippen LogP contribution in [0.25, 0.3) is 11.1 Å². The summed E-state index contributed by atoms with van der Waals surface area (Å²) in [4.78, 5) is 17.2. The molecule has 0 bridgehead atoms. The standard InChI is InChI=1S/C17H14N2O3/c20-16(21)15-10-18-17(19-15)22-11-12-6-8-14(9-7-12)13-4-2-1-3-5-13/h1-10H,11H2,(H,18,19)(H,20,21). The number of aromatic amines is 1. The second kappa shape index (κ2) is 6.13. The second-order valence-electron chi connectivity index (χ2n) is 4.75. The number of carboxylic acid groups (broad SMARTS) is 1. The van der Waals surface area contributed by atoms with Crippen molar-refractivity contribution in [3.05, 3.63) is 72.1 Å². The maximum Gasteiger partial charge on any atom is 0.356 e. The molecule has 0 saturated heterocycles. The zero-order valence-corrected chi connectivity index (χ0v) is 11.7. The molecule has 110 valence electrons. The molecule has 2 aromatic carbocycles. The molecular weight excluding hydrogens is 280 g/mol. The van der Waals surface area contributed by atoms with Crippen molar-refractivity contribution in [3.63, 3.8) is 0 Å². The van der Waals surface area contributed by atoms with E-state index in [0.29, 0.717) is 6.61 Å². The molecule has 0 radical (unpaired) electrons. The first-order valence-corrected chi connectivity index (χ1v) is 6.78. The highest BCUT2D eigenvalue weighted by molar-refractivity contribution is 5.85. The van der Waals surface area contributed by atoms with Crippen LogP contribution in [0.3, 0.4) is 0 Å². The van der Waals surface area contributed by atoms with Crippen LogP contribution in [0.15, 0.2) is 60.8 Å². The number of nitrogens with zero attached hydrogens (tertiary/aromatic N) is 1. The van der Waals surface area contributed by atoms with E-state index in [1.807, 2.05) is 42.5 Å². The summed E-state index contributed by atoms with van der Waals surface area (Å²) in [5.41, 5.74) is 3.21. The van der Waals surface area contributed by atoms with Gasteiger partial charge in [-0.25, -0.2) is 4.79 Å². The van der Waals surface area contributed by atoms with Crippen LogP contribution in [-0.2, 0) is 6.61 Å². The minimum Gasteiger partial charge on any atom is -0.476 e. The van der Waals surface area contributed by atoms with Crippen molar-refractivity contribution in [2.45, 2.75) is 6.61 Å². The number of carboxylic acids is 1. The Kier molecular flexibility index (Phi) is 3.87. The Balaban J connectivity index is 1.65. The van der Waals surface area contributed by atoms with Crippen LogP contribution >= 0.6 is 0 Å². The lowest BCUT2D eigenvalue weighted by Gasteiger charge is -2.05. The Morgan fingerprint density at radius 1 is 1.05 bits per heavy atom. The summed E-state index contributed by atoms with van der Waals surface area (Å²) in [5.74, 6) is -1.08. The first-order valence-electron chi connectivity index (χ1n) is 6.78. The fourth-order valence-corrected chi connectivity index (χ4v) is 2.06. The number of hydrogen-bond acceptors (Lipinski definition) is 3. The van der Waals surface area contributed by atoms with E-state index in [1.54, 1.807) is 0 Å². The quantitative estimate of drug-likeness (QED) is 0.756. The molecule has 0 fully saturated rings. The summed E-state index contributed by atoms with van der Waals surface area (Å²) in [5, 5.41) is 8.78. The summed E-state index contributed by atoms with van der Waals surface area (Å²) in [6.07, 6.45) is 1.30. The first kappa shape index (κ1) is 13.9. The van der Waals surface area contributed by atoms with Crippen molar-refractivity contribution in [1.82, 2.24) is 9.97 Å². The van der Waals surface area contributed by atoms with Crippen molar-refractivity contribution in [2.24, 2.45) is 0 Å². The van der Waals surface area contributed by atoms with E-state index < -0.39 is 5.97 Å². The number of nitrogens with one attached hydrogen (secondary N) is 1. The van der Waals surface area contributed by atoms with Gasteiger partial charge in [0.1, 0.15) is 6.61 Å². The third kappa shape index (κ3) is 3.15. The third-order valence-electron chi connectivity index (χ3n) is 3.21. The highest BCUT2D eigenvalue weighted by Gasteiger charge is 2.08. The number of carbonyl (C=O) groups is 1. The Morgan fingerprint density at radius 2 is 1.73 bits per heavy atom. The van der Waals surface area contributed by atoms with Crippen molar-refractivity contribution in [2.75, 3.05) is 0 Å². The summed E-state index contributed by atoms with van der Waals surface area (Å²) < 4.78 is 5.44. The summed E-state index contributed by atoms with van der Waals surface area (Å²) in [7, 11) is 0. The van der Waals surface area contributed by atoms with Crippen molar-refractivity contribution < 1.29 is 14.6 Å². The monoisotopic (exact) mass is 294 g/mol. The van der Waals surface area contributed by atoms with Gasteiger partial charge >= 0.3 is 5.97 Å². The van der Waals surface area contributed by atoms with E-state index in [4.69, 9.17) is 9.84 Å². The molecule has 3 aromatic rings. The Labute approximate surface area is 127 Å². The predicted octanol–water partition coefficient (Wildman–Crippen LogP) is 3.35. The number of hydrogen-bond donors (Lipinski definition) is 2. The van der Waals surface area contributed by atoms with Crippen LogP contribution in [0.4, 0.5) is 0 Å². The number of aromatic nitrogens is 2. The summed E-state index contributed by atoms with van der Waals surface area (Å²) in [6.45, 7) is 0.321. The van der Waals surface area contributed by atoms with E-state index in [1.165, 1.54) is 6.20 Å². The molecule has 1 aromatic heterocycles. The molecule has 0 amide bonds. The zero-order chi connectivity index (χ0) is 15.4. The number of rotatable bonds is 5. The molecule has 0 aliphatic rings. The van der Waals surface area contributed by atoms with E-state index in [9.17, 15) is 4.79 Å². The lowest BCUT2D eigenvalue weighted by Crippen LogP contribution is -1.98. The largest absolute Gasteiger partial charge is 0.476 e. The number of aromatic carboxylic acids is 1. The first-order chi connectivity index (χ1) is 10.7. The molecule has 3 rings (SSSR count). The average Bonchev–Trinajstić information content (AvgIpc) is 3.04. The molecule has 5 heteroatoms. The van der Waals surface area contributed by atoms with Gasteiger partial charge in [0, 0.05) is 6.20 Å². The molecule has 0 aliphatic heterocycles. The van der Waals surface area contributed by atoms with Gasteiger partial charge in [-0.05, 0) is 16.7 Å². The molecular formula is C17H14N2O3. The van der Waals surface area contributed by atoms with Gasteiger partial charge in [0.05, 0.1) is 0 Å².